The van der Waals surface area contributed by atoms with E-state index in [9.17, 15) is 8.78 Å². The zero-order valence-electron chi connectivity index (χ0n) is 6.35. The van der Waals surface area contributed by atoms with Gasteiger partial charge in [-0.15, -0.1) is 11.3 Å². The van der Waals surface area contributed by atoms with Crippen molar-refractivity contribution in [2.75, 3.05) is 0 Å². The van der Waals surface area contributed by atoms with Crippen molar-refractivity contribution in [1.82, 2.24) is 4.98 Å². The quantitative estimate of drug-likeness (QED) is 0.718. The molecule has 1 heterocycles. The Morgan fingerprint density at radius 2 is 2.15 bits per heavy atom. The van der Waals surface area contributed by atoms with Crippen LogP contribution in [0.5, 0.6) is 0 Å². The summed E-state index contributed by atoms with van der Waals surface area (Å²) in [5, 5.41) is 1.31. The Balaban J connectivity index is 2.75. The van der Waals surface area contributed by atoms with Gasteiger partial charge in [0, 0.05) is 6.07 Å². The molecule has 5 heteroatoms. The molecule has 0 atom stereocenters. The van der Waals surface area contributed by atoms with Crippen molar-refractivity contribution >= 4 is 37.5 Å². The highest BCUT2D eigenvalue weighted by atomic mass is 79.9. The van der Waals surface area contributed by atoms with Crippen molar-refractivity contribution in [3.63, 3.8) is 0 Å². The molecule has 1 aromatic heterocycles. The standard InChI is InChI=1S/C8H4BrF2NS/c9-3-7-12-8-5(11)1-4(10)2-6(8)13-7/h1-2H,3H2. The Morgan fingerprint density at radius 3 is 2.85 bits per heavy atom. The largest absolute Gasteiger partial charge is 0.237 e. The Hall–Kier alpha value is -0.550. The summed E-state index contributed by atoms with van der Waals surface area (Å²) in [6.45, 7) is 0. The Morgan fingerprint density at radius 1 is 1.38 bits per heavy atom. The predicted molar refractivity (Wildman–Crippen MR) is 52.2 cm³/mol. The molecule has 0 aliphatic heterocycles. The van der Waals surface area contributed by atoms with E-state index in [2.05, 4.69) is 20.9 Å². The number of nitrogens with zero attached hydrogens (tertiary/aromatic N) is 1. The second kappa shape index (κ2) is 3.31. The monoisotopic (exact) mass is 263 g/mol. The highest BCUT2D eigenvalue weighted by Gasteiger charge is 2.09. The molecule has 0 amide bonds. The van der Waals surface area contributed by atoms with Crippen LogP contribution in [-0.2, 0) is 5.33 Å². The minimum atomic E-state index is -0.599. The van der Waals surface area contributed by atoms with Crippen LogP contribution in [0.4, 0.5) is 8.78 Å². The lowest BCUT2D eigenvalue weighted by molar-refractivity contribution is 0.591. The molecule has 0 N–H and O–H groups in total. The molecule has 0 aliphatic carbocycles. The minimum Gasteiger partial charge on any atom is -0.237 e. The Kier molecular flexibility index (Phi) is 2.29. The topological polar surface area (TPSA) is 12.9 Å². The van der Waals surface area contributed by atoms with E-state index in [1.165, 1.54) is 17.4 Å². The van der Waals surface area contributed by atoms with Crippen molar-refractivity contribution in [3.8, 4) is 0 Å². The molecule has 0 saturated heterocycles. The van der Waals surface area contributed by atoms with E-state index in [-0.39, 0.29) is 5.52 Å². The van der Waals surface area contributed by atoms with Gasteiger partial charge in [0.05, 0.1) is 10.0 Å². The Bertz CT molecular complexity index is 455. The molecule has 0 bridgehead atoms. The number of hydrogen-bond donors (Lipinski definition) is 0. The second-order valence-electron chi connectivity index (χ2n) is 2.48. The van der Waals surface area contributed by atoms with E-state index in [1.54, 1.807) is 0 Å². The highest BCUT2D eigenvalue weighted by Crippen LogP contribution is 2.26. The lowest BCUT2D eigenvalue weighted by atomic mass is 10.3. The van der Waals surface area contributed by atoms with Crippen LogP contribution in [0.15, 0.2) is 12.1 Å². The highest BCUT2D eigenvalue weighted by molar-refractivity contribution is 9.08. The average Bonchev–Trinajstić information content (AvgIpc) is 2.47. The number of thiazole rings is 1. The molecule has 68 valence electrons. The van der Waals surface area contributed by atoms with Crippen LogP contribution in [0.25, 0.3) is 10.2 Å². The van der Waals surface area contributed by atoms with Gasteiger partial charge in [0.1, 0.15) is 16.3 Å². The number of alkyl halides is 1. The smallest absolute Gasteiger partial charge is 0.153 e. The minimum absolute atomic E-state index is 0.251. The van der Waals surface area contributed by atoms with Crippen LogP contribution in [-0.4, -0.2) is 4.98 Å². The van der Waals surface area contributed by atoms with Crippen LogP contribution in [0, 0.1) is 11.6 Å². The number of hydrogen-bond acceptors (Lipinski definition) is 2. The second-order valence-corrected chi connectivity index (χ2v) is 4.15. The number of rotatable bonds is 1. The van der Waals surface area contributed by atoms with Gasteiger partial charge in [0.2, 0.25) is 0 Å². The van der Waals surface area contributed by atoms with E-state index in [4.69, 9.17) is 0 Å². The summed E-state index contributed by atoms with van der Waals surface area (Å²) in [6.07, 6.45) is 0. The molecule has 0 unspecified atom stereocenters. The van der Waals surface area contributed by atoms with Gasteiger partial charge in [-0.3, -0.25) is 0 Å². The molecular weight excluding hydrogens is 260 g/mol. The first-order valence-corrected chi connectivity index (χ1v) is 5.45. The normalized spacial score (nSPS) is 11.0. The summed E-state index contributed by atoms with van der Waals surface area (Å²) in [4.78, 5) is 4.00. The number of halogens is 3. The third-order valence-corrected chi connectivity index (χ3v) is 3.48. The summed E-state index contributed by atoms with van der Waals surface area (Å²) in [5.74, 6) is -1.16. The van der Waals surface area contributed by atoms with Crippen LogP contribution >= 0.6 is 27.3 Å². The first kappa shape index (κ1) is 9.02. The summed E-state index contributed by atoms with van der Waals surface area (Å²) in [6, 6.07) is 2.14. The number of benzene rings is 1. The maximum Gasteiger partial charge on any atom is 0.153 e. The third kappa shape index (κ3) is 1.58. The lowest BCUT2D eigenvalue weighted by Gasteiger charge is -1.90. The van der Waals surface area contributed by atoms with Crippen LogP contribution in [0.1, 0.15) is 5.01 Å². The van der Waals surface area contributed by atoms with Crippen molar-refractivity contribution in [3.05, 3.63) is 28.8 Å². The van der Waals surface area contributed by atoms with E-state index in [1.807, 2.05) is 0 Å². The van der Waals surface area contributed by atoms with Gasteiger partial charge in [0.15, 0.2) is 5.82 Å². The van der Waals surface area contributed by atoms with E-state index >= 15 is 0 Å². The van der Waals surface area contributed by atoms with Crippen LogP contribution < -0.4 is 0 Å². The Labute approximate surface area is 85.5 Å². The molecular formula is C8H4BrF2NS. The molecule has 0 radical (unpaired) electrons. The van der Waals surface area contributed by atoms with Crippen molar-refractivity contribution in [1.29, 1.82) is 0 Å². The van der Waals surface area contributed by atoms with Crippen molar-refractivity contribution in [2.45, 2.75) is 5.33 Å². The first-order valence-electron chi connectivity index (χ1n) is 3.51. The summed E-state index contributed by atoms with van der Waals surface area (Å²) in [5.41, 5.74) is 0.251. The van der Waals surface area contributed by atoms with E-state index in [0.717, 1.165) is 11.1 Å². The maximum atomic E-state index is 13.1. The maximum absolute atomic E-state index is 13.1. The summed E-state index contributed by atoms with van der Waals surface area (Å²) in [7, 11) is 0. The zero-order valence-corrected chi connectivity index (χ0v) is 8.75. The fourth-order valence-electron chi connectivity index (χ4n) is 1.06. The molecule has 2 aromatic rings. The van der Waals surface area contributed by atoms with E-state index in [0.29, 0.717) is 10.0 Å². The van der Waals surface area contributed by atoms with Crippen LogP contribution in [0.3, 0.4) is 0 Å². The van der Waals surface area contributed by atoms with Gasteiger partial charge in [0.25, 0.3) is 0 Å². The van der Waals surface area contributed by atoms with E-state index < -0.39 is 11.6 Å². The van der Waals surface area contributed by atoms with Crippen LogP contribution in [0.2, 0.25) is 0 Å². The van der Waals surface area contributed by atoms with Gasteiger partial charge < -0.3 is 0 Å². The fraction of sp³-hybridized carbons (Fsp3) is 0.125. The predicted octanol–water partition coefficient (Wildman–Crippen LogP) is 3.47. The average molecular weight is 264 g/mol. The molecule has 0 saturated carbocycles. The SMILES string of the molecule is Fc1cc(F)c2nc(CBr)sc2c1. The van der Waals surface area contributed by atoms with Gasteiger partial charge >= 0.3 is 0 Å². The summed E-state index contributed by atoms with van der Waals surface area (Å²) >= 11 is 4.50. The zero-order chi connectivity index (χ0) is 9.42. The molecule has 1 nitrogen and oxygen atoms in total. The molecule has 0 aliphatic rings. The molecule has 1 aromatic carbocycles. The lowest BCUT2D eigenvalue weighted by Crippen LogP contribution is -1.81. The molecule has 0 fully saturated rings. The summed E-state index contributed by atoms with van der Waals surface area (Å²) < 4.78 is 26.4. The molecule has 2 rings (SSSR count). The van der Waals surface area contributed by atoms with Gasteiger partial charge in [-0.2, -0.15) is 0 Å². The van der Waals surface area contributed by atoms with Crippen molar-refractivity contribution < 1.29 is 8.78 Å². The number of aromatic nitrogens is 1. The first-order chi connectivity index (χ1) is 6.20. The molecule has 13 heavy (non-hydrogen) atoms. The number of fused-ring (bicyclic) bond motifs is 1. The molecule has 0 spiro atoms. The van der Waals surface area contributed by atoms with Gasteiger partial charge in [-0.1, -0.05) is 15.9 Å². The van der Waals surface area contributed by atoms with Crippen molar-refractivity contribution in [2.24, 2.45) is 0 Å². The van der Waals surface area contributed by atoms with Gasteiger partial charge in [-0.05, 0) is 6.07 Å². The third-order valence-electron chi connectivity index (χ3n) is 1.57. The van der Waals surface area contributed by atoms with Gasteiger partial charge in [-0.25, -0.2) is 13.8 Å². The fourth-order valence-corrected chi connectivity index (χ4v) is 2.39.